The van der Waals surface area contributed by atoms with Crippen molar-refractivity contribution < 1.29 is 18.8 Å². The number of rotatable bonds is 7. The van der Waals surface area contributed by atoms with E-state index in [1.54, 1.807) is 63.4 Å². The van der Waals surface area contributed by atoms with Gasteiger partial charge in [0.15, 0.2) is 16.7 Å². The van der Waals surface area contributed by atoms with Crippen LogP contribution in [0.25, 0.3) is 16.6 Å². The van der Waals surface area contributed by atoms with Crippen LogP contribution in [0.4, 0.5) is 5.88 Å². The van der Waals surface area contributed by atoms with E-state index < -0.39 is 5.25 Å². The topological polar surface area (TPSA) is 108 Å². The second kappa shape index (κ2) is 9.37. The number of anilines is 1. The smallest absolute Gasteiger partial charge is 0.266 e. The van der Waals surface area contributed by atoms with Gasteiger partial charge in [0.2, 0.25) is 11.8 Å². The summed E-state index contributed by atoms with van der Waals surface area (Å²) >= 11 is 1.16. The van der Waals surface area contributed by atoms with Crippen LogP contribution in [0.5, 0.6) is 11.5 Å². The Morgan fingerprint density at radius 1 is 1.12 bits per heavy atom. The Balaban J connectivity index is 1.77. The second-order valence-electron chi connectivity index (χ2n) is 7.17. The van der Waals surface area contributed by atoms with Gasteiger partial charge in [-0.05, 0) is 38.1 Å². The molecule has 4 rings (SSSR count). The third kappa shape index (κ3) is 4.56. The molecule has 2 heterocycles. The molecule has 170 valence electrons. The van der Waals surface area contributed by atoms with Crippen molar-refractivity contribution in [1.29, 1.82) is 0 Å². The molecule has 1 unspecified atom stereocenters. The molecule has 0 aliphatic heterocycles. The Kier molecular flexibility index (Phi) is 6.36. The molecule has 9 nitrogen and oxygen atoms in total. The highest BCUT2D eigenvalue weighted by Crippen LogP contribution is 2.31. The van der Waals surface area contributed by atoms with Crippen LogP contribution in [0.3, 0.4) is 0 Å². The van der Waals surface area contributed by atoms with E-state index in [1.807, 2.05) is 6.07 Å². The van der Waals surface area contributed by atoms with Gasteiger partial charge in [-0.25, -0.2) is 4.98 Å². The number of ether oxygens (including phenoxy) is 2. The van der Waals surface area contributed by atoms with E-state index in [2.05, 4.69) is 15.5 Å². The molecule has 1 atom stereocenters. The number of benzene rings is 2. The number of aryl methyl sites for hydroxylation is 1. The molecule has 1 N–H and O–H groups in total. The third-order valence-corrected chi connectivity index (χ3v) is 5.95. The third-order valence-electron chi connectivity index (χ3n) is 4.90. The Bertz CT molecular complexity index is 1380. The summed E-state index contributed by atoms with van der Waals surface area (Å²) in [5.74, 6) is 0.955. The van der Waals surface area contributed by atoms with Crippen LogP contribution in [-0.2, 0) is 4.79 Å². The minimum atomic E-state index is -0.588. The lowest BCUT2D eigenvalue weighted by atomic mass is 10.2. The molecule has 0 saturated heterocycles. The van der Waals surface area contributed by atoms with Gasteiger partial charge in [-0.1, -0.05) is 29.1 Å². The number of nitrogens with zero attached hydrogens (tertiary/aromatic N) is 3. The standard InChI is InChI=1S/C23H22N4O5S/c1-13-11-20(32-26-13)25-21(28)14(2)33-23-24-17-8-6-5-7-16(17)22(29)27(23)15-9-10-18(30-3)19(12-15)31-4/h5-12,14H,1-4H3,(H,25,28). The zero-order valence-corrected chi connectivity index (χ0v) is 19.3. The predicted molar refractivity (Wildman–Crippen MR) is 126 cm³/mol. The average Bonchev–Trinajstić information content (AvgIpc) is 3.23. The van der Waals surface area contributed by atoms with Crippen LogP contribution >= 0.6 is 11.8 Å². The zero-order valence-electron chi connectivity index (χ0n) is 18.5. The van der Waals surface area contributed by atoms with Crippen molar-refractivity contribution >= 4 is 34.5 Å². The van der Waals surface area contributed by atoms with Crippen molar-refractivity contribution in [2.45, 2.75) is 24.3 Å². The highest BCUT2D eigenvalue weighted by molar-refractivity contribution is 8.00. The normalized spacial score (nSPS) is 11.9. The van der Waals surface area contributed by atoms with Gasteiger partial charge >= 0.3 is 0 Å². The predicted octanol–water partition coefficient (Wildman–Crippen LogP) is 3.82. The summed E-state index contributed by atoms with van der Waals surface area (Å²) < 4.78 is 17.3. The van der Waals surface area contributed by atoms with Gasteiger partial charge in [0.1, 0.15) is 0 Å². The lowest BCUT2D eigenvalue weighted by molar-refractivity contribution is -0.115. The number of thioether (sulfide) groups is 1. The fourth-order valence-electron chi connectivity index (χ4n) is 3.24. The molecule has 0 fully saturated rings. The fraction of sp³-hybridized carbons (Fsp3) is 0.217. The molecule has 0 spiro atoms. The van der Waals surface area contributed by atoms with Crippen molar-refractivity contribution in [2.75, 3.05) is 19.5 Å². The molecule has 0 aliphatic carbocycles. The van der Waals surface area contributed by atoms with Gasteiger partial charge in [-0.15, -0.1) is 0 Å². The monoisotopic (exact) mass is 466 g/mol. The first-order chi connectivity index (χ1) is 15.9. The van der Waals surface area contributed by atoms with Crippen molar-refractivity contribution in [2.24, 2.45) is 0 Å². The number of fused-ring (bicyclic) bond motifs is 1. The van der Waals surface area contributed by atoms with Crippen molar-refractivity contribution in [3.8, 4) is 17.2 Å². The fourth-order valence-corrected chi connectivity index (χ4v) is 4.17. The first kappa shape index (κ1) is 22.4. The van der Waals surface area contributed by atoms with Crippen LogP contribution in [0, 0.1) is 6.92 Å². The number of methoxy groups -OCH3 is 2. The molecule has 0 bridgehead atoms. The Hall–Kier alpha value is -3.79. The minimum absolute atomic E-state index is 0.256. The first-order valence-electron chi connectivity index (χ1n) is 10.1. The van der Waals surface area contributed by atoms with Gasteiger partial charge in [-0.2, -0.15) is 0 Å². The Morgan fingerprint density at radius 3 is 2.58 bits per heavy atom. The summed E-state index contributed by atoms with van der Waals surface area (Å²) in [6.07, 6.45) is 0. The van der Waals surface area contributed by atoms with E-state index in [-0.39, 0.29) is 17.4 Å². The molecule has 4 aromatic rings. The number of carbonyl (C=O) groups is 1. The number of hydrogen-bond acceptors (Lipinski definition) is 8. The molecule has 10 heteroatoms. The van der Waals surface area contributed by atoms with Gasteiger partial charge < -0.3 is 14.0 Å². The molecule has 2 aromatic heterocycles. The molecule has 33 heavy (non-hydrogen) atoms. The summed E-state index contributed by atoms with van der Waals surface area (Å²) in [4.78, 5) is 30.9. The average molecular weight is 467 g/mol. The van der Waals surface area contributed by atoms with Gasteiger partial charge in [0.05, 0.1) is 41.8 Å². The SMILES string of the molecule is COc1ccc(-n2c(SC(C)C(=O)Nc3cc(C)no3)nc3ccccc3c2=O)cc1OC. The van der Waals surface area contributed by atoms with Crippen molar-refractivity contribution in [3.63, 3.8) is 0 Å². The number of carbonyl (C=O) groups excluding carboxylic acids is 1. The van der Waals surface area contributed by atoms with Gasteiger partial charge in [0, 0.05) is 12.1 Å². The summed E-state index contributed by atoms with van der Waals surface area (Å²) in [7, 11) is 3.06. The molecular weight excluding hydrogens is 444 g/mol. The lowest BCUT2D eigenvalue weighted by Gasteiger charge is -2.17. The quantitative estimate of drug-likeness (QED) is 0.323. The van der Waals surface area contributed by atoms with Gasteiger partial charge in [-0.3, -0.25) is 19.5 Å². The summed E-state index contributed by atoms with van der Waals surface area (Å²) in [6, 6.07) is 13.9. The largest absolute Gasteiger partial charge is 0.493 e. The van der Waals surface area contributed by atoms with E-state index in [0.29, 0.717) is 38.9 Å². The van der Waals surface area contributed by atoms with Crippen LogP contribution in [0.15, 0.2) is 63.0 Å². The van der Waals surface area contributed by atoms with Gasteiger partial charge in [0.25, 0.3) is 5.56 Å². The highest BCUT2D eigenvalue weighted by Gasteiger charge is 2.22. The maximum absolute atomic E-state index is 13.5. The Labute approximate surface area is 193 Å². The number of nitrogens with one attached hydrogen (secondary N) is 1. The van der Waals surface area contributed by atoms with Crippen molar-refractivity contribution in [1.82, 2.24) is 14.7 Å². The van der Waals surface area contributed by atoms with E-state index in [1.165, 1.54) is 11.7 Å². The summed E-state index contributed by atoms with van der Waals surface area (Å²) in [5, 5.41) is 6.69. The number of aromatic nitrogens is 3. The van der Waals surface area contributed by atoms with Crippen LogP contribution in [0.2, 0.25) is 0 Å². The number of amides is 1. The molecule has 0 aliphatic rings. The first-order valence-corrected chi connectivity index (χ1v) is 10.9. The summed E-state index contributed by atoms with van der Waals surface area (Å²) in [6.45, 7) is 3.49. The Morgan fingerprint density at radius 2 is 1.88 bits per heavy atom. The van der Waals surface area contributed by atoms with E-state index in [0.717, 1.165) is 11.8 Å². The lowest BCUT2D eigenvalue weighted by Crippen LogP contribution is -2.26. The maximum atomic E-state index is 13.5. The molecule has 0 radical (unpaired) electrons. The zero-order chi connectivity index (χ0) is 23.5. The second-order valence-corrected chi connectivity index (χ2v) is 8.48. The number of hydrogen-bond donors (Lipinski definition) is 1. The maximum Gasteiger partial charge on any atom is 0.266 e. The van der Waals surface area contributed by atoms with E-state index >= 15 is 0 Å². The molecule has 2 aromatic carbocycles. The van der Waals surface area contributed by atoms with Crippen LogP contribution in [0.1, 0.15) is 12.6 Å². The highest BCUT2D eigenvalue weighted by atomic mass is 32.2. The molecule has 1 amide bonds. The van der Waals surface area contributed by atoms with E-state index in [4.69, 9.17) is 14.0 Å². The van der Waals surface area contributed by atoms with Crippen LogP contribution < -0.4 is 20.3 Å². The van der Waals surface area contributed by atoms with Crippen molar-refractivity contribution in [3.05, 3.63) is 64.6 Å². The minimum Gasteiger partial charge on any atom is -0.493 e. The van der Waals surface area contributed by atoms with Crippen LogP contribution in [-0.4, -0.2) is 40.1 Å². The summed E-state index contributed by atoms with van der Waals surface area (Å²) in [5.41, 5.74) is 1.48. The molecule has 0 saturated carbocycles. The number of para-hydroxylation sites is 1. The molecular formula is C23H22N4O5S. The van der Waals surface area contributed by atoms with E-state index in [9.17, 15) is 9.59 Å².